The Hall–Kier alpha value is -2.14. The molecule has 1 N–H and O–H groups in total. The van der Waals surface area contributed by atoms with Crippen molar-refractivity contribution < 1.29 is 14.3 Å². The lowest BCUT2D eigenvalue weighted by Gasteiger charge is -2.14. The van der Waals surface area contributed by atoms with Crippen molar-refractivity contribution in [3.8, 4) is 0 Å². The molecule has 5 heteroatoms. The number of aromatic nitrogens is 1. The maximum atomic E-state index is 12.2. The minimum Gasteiger partial charge on any atom is -0.445 e. The Morgan fingerprint density at radius 3 is 2.83 bits per heavy atom. The third-order valence-electron chi connectivity index (χ3n) is 2.59. The zero-order chi connectivity index (χ0) is 13.1. The summed E-state index contributed by atoms with van der Waals surface area (Å²) in [6.07, 6.45) is 1.50. The molecule has 2 heterocycles. The van der Waals surface area contributed by atoms with E-state index in [1.807, 2.05) is 6.92 Å². The number of amides is 1. The summed E-state index contributed by atoms with van der Waals surface area (Å²) in [4.78, 5) is 17.5. The molecule has 2 aromatic heterocycles. The van der Waals surface area contributed by atoms with Crippen LogP contribution in [0.3, 0.4) is 0 Å². The first kappa shape index (κ1) is 12.3. The molecule has 0 atom stereocenters. The number of pyridine rings is 1. The Bertz CT molecular complexity index is 563. The first-order valence-electron chi connectivity index (χ1n) is 5.52. The first-order valence-corrected chi connectivity index (χ1v) is 5.52. The number of nitrogens with zero attached hydrogens (tertiary/aromatic N) is 2. The van der Waals surface area contributed by atoms with Crippen LogP contribution in [0.2, 0.25) is 0 Å². The molecular formula is C13H14N2O3. The van der Waals surface area contributed by atoms with Gasteiger partial charge in [0.05, 0.1) is 12.3 Å². The third-order valence-corrected chi connectivity index (χ3v) is 2.59. The van der Waals surface area contributed by atoms with Gasteiger partial charge < -0.3 is 9.52 Å². The molecule has 0 radical (unpaired) electrons. The topological polar surface area (TPSA) is 66.6 Å². The molecule has 2 rings (SSSR count). The summed E-state index contributed by atoms with van der Waals surface area (Å²) in [7, 11) is 1.64. The van der Waals surface area contributed by atoms with Gasteiger partial charge in [-0.1, -0.05) is 0 Å². The zero-order valence-corrected chi connectivity index (χ0v) is 10.3. The van der Waals surface area contributed by atoms with E-state index in [9.17, 15) is 4.79 Å². The lowest BCUT2D eigenvalue weighted by Crippen LogP contribution is -2.25. The second kappa shape index (κ2) is 5.01. The molecule has 18 heavy (non-hydrogen) atoms. The molecule has 0 fully saturated rings. The van der Waals surface area contributed by atoms with Gasteiger partial charge in [0.2, 0.25) is 5.88 Å². The summed E-state index contributed by atoms with van der Waals surface area (Å²) >= 11 is 0. The van der Waals surface area contributed by atoms with Gasteiger partial charge in [-0.15, -0.1) is 0 Å². The molecular weight excluding hydrogens is 232 g/mol. The van der Waals surface area contributed by atoms with Crippen molar-refractivity contribution in [3.63, 3.8) is 0 Å². The van der Waals surface area contributed by atoms with Crippen LogP contribution in [-0.4, -0.2) is 23.0 Å². The molecule has 1 amide bonds. The summed E-state index contributed by atoms with van der Waals surface area (Å²) in [6, 6.07) is 6.70. The summed E-state index contributed by atoms with van der Waals surface area (Å²) in [6.45, 7) is 1.63. The number of rotatable bonds is 3. The van der Waals surface area contributed by atoms with Gasteiger partial charge in [-0.2, -0.15) is 0 Å². The van der Waals surface area contributed by atoms with Crippen LogP contribution in [0.1, 0.15) is 21.8 Å². The standard InChI is InChI=1S/C13H14N2O3/c1-9-3-4-12(18-9)15(2)13(17)10-5-6-14-11(7-10)8-16/h3-7,16H,8H2,1-2H3. The lowest BCUT2D eigenvalue weighted by atomic mass is 10.2. The molecule has 2 aromatic rings. The summed E-state index contributed by atoms with van der Waals surface area (Å²) in [5, 5.41) is 9.00. The number of carbonyl (C=O) groups excluding carboxylic acids is 1. The van der Waals surface area contributed by atoms with Gasteiger partial charge in [-0.25, -0.2) is 0 Å². The largest absolute Gasteiger partial charge is 0.445 e. The van der Waals surface area contributed by atoms with Crippen molar-refractivity contribution in [2.24, 2.45) is 0 Å². The van der Waals surface area contributed by atoms with Crippen LogP contribution >= 0.6 is 0 Å². The number of hydrogen-bond acceptors (Lipinski definition) is 4. The van der Waals surface area contributed by atoms with Gasteiger partial charge in [0, 0.05) is 24.9 Å². The van der Waals surface area contributed by atoms with Gasteiger partial charge in [0.25, 0.3) is 5.91 Å². The third kappa shape index (κ3) is 2.41. The molecule has 0 aromatic carbocycles. The highest BCUT2D eigenvalue weighted by molar-refractivity contribution is 6.04. The smallest absolute Gasteiger partial charge is 0.260 e. The SMILES string of the molecule is Cc1ccc(N(C)C(=O)c2ccnc(CO)c2)o1. The van der Waals surface area contributed by atoms with Crippen molar-refractivity contribution in [1.82, 2.24) is 4.98 Å². The minimum absolute atomic E-state index is 0.190. The molecule has 0 unspecified atom stereocenters. The van der Waals surface area contributed by atoms with E-state index in [1.165, 1.54) is 11.1 Å². The Morgan fingerprint density at radius 2 is 2.22 bits per heavy atom. The van der Waals surface area contributed by atoms with E-state index in [4.69, 9.17) is 9.52 Å². The van der Waals surface area contributed by atoms with E-state index in [0.29, 0.717) is 17.1 Å². The van der Waals surface area contributed by atoms with Gasteiger partial charge in [0.15, 0.2) is 0 Å². The predicted molar refractivity (Wildman–Crippen MR) is 66.3 cm³/mol. The van der Waals surface area contributed by atoms with E-state index in [1.54, 1.807) is 31.3 Å². The monoisotopic (exact) mass is 246 g/mol. The Labute approximate surface area is 105 Å². The molecule has 0 bridgehead atoms. The van der Waals surface area contributed by atoms with E-state index in [0.717, 1.165) is 5.76 Å². The average molecular weight is 246 g/mol. The number of aryl methyl sites for hydroxylation is 1. The Morgan fingerprint density at radius 1 is 1.44 bits per heavy atom. The maximum Gasteiger partial charge on any atom is 0.260 e. The van der Waals surface area contributed by atoms with Gasteiger partial charge >= 0.3 is 0 Å². The van der Waals surface area contributed by atoms with Gasteiger partial charge in [0.1, 0.15) is 5.76 Å². The Kier molecular flexibility index (Phi) is 3.43. The van der Waals surface area contributed by atoms with Crippen molar-refractivity contribution in [3.05, 3.63) is 47.5 Å². The summed E-state index contributed by atoms with van der Waals surface area (Å²) < 4.78 is 5.38. The second-order valence-corrected chi connectivity index (χ2v) is 3.94. The van der Waals surface area contributed by atoms with E-state index >= 15 is 0 Å². The average Bonchev–Trinajstić information content (AvgIpc) is 2.83. The molecule has 0 aliphatic rings. The molecule has 0 saturated carbocycles. The first-order chi connectivity index (χ1) is 8.61. The fourth-order valence-electron chi connectivity index (χ4n) is 1.59. The van der Waals surface area contributed by atoms with Crippen molar-refractivity contribution in [2.45, 2.75) is 13.5 Å². The van der Waals surface area contributed by atoms with E-state index in [-0.39, 0.29) is 12.5 Å². The van der Waals surface area contributed by atoms with Crippen LogP contribution in [0.15, 0.2) is 34.9 Å². The highest BCUT2D eigenvalue weighted by Crippen LogP contribution is 2.18. The summed E-state index contributed by atoms with van der Waals surface area (Å²) in [5.41, 5.74) is 0.926. The highest BCUT2D eigenvalue weighted by Gasteiger charge is 2.16. The van der Waals surface area contributed by atoms with Crippen molar-refractivity contribution >= 4 is 11.8 Å². The van der Waals surface area contributed by atoms with Crippen LogP contribution in [0.25, 0.3) is 0 Å². The zero-order valence-electron chi connectivity index (χ0n) is 10.3. The lowest BCUT2D eigenvalue weighted by molar-refractivity contribution is 0.0988. The molecule has 5 nitrogen and oxygen atoms in total. The fraction of sp³-hybridized carbons (Fsp3) is 0.231. The number of carbonyl (C=O) groups is 1. The van der Waals surface area contributed by atoms with Crippen LogP contribution in [0, 0.1) is 6.92 Å². The van der Waals surface area contributed by atoms with Crippen molar-refractivity contribution in [2.75, 3.05) is 11.9 Å². The molecule has 0 spiro atoms. The molecule has 94 valence electrons. The summed E-state index contributed by atoms with van der Waals surface area (Å²) in [5.74, 6) is 1.02. The predicted octanol–water partition coefficient (Wildman–Crippen LogP) is 1.75. The van der Waals surface area contributed by atoms with Crippen LogP contribution in [-0.2, 0) is 6.61 Å². The number of aliphatic hydroxyl groups excluding tert-OH is 1. The highest BCUT2D eigenvalue weighted by atomic mass is 16.4. The van der Waals surface area contributed by atoms with Crippen molar-refractivity contribution in [1.29, 1.82) is 0 Å². The molecule has 0 saturated heterocycles. The normalized spacial score (nSPS) is 10.4. The van der Waals surface area contributed by atoms with Gasteiger partial charge in [-0.05, 0) is 25.1 Å². The van der Waals surface area contributed by atoms with Crippen LogP contribution in [0.4, 0.5) is 5.88 Å². The number of anilines is 1. The molecule has 0 aliphatic heterocycles. The minimum atomic E-state index is -0.207. The molecule has 0 aliphatic carbocycles. The van der Waals surface area contributed by atoms with Gasteiger partial charge in [-0.3, -0.25) is 14.7 Å². The van der Waals surface area contributed by atoms with Crippen LogP contribution < -0.4 is 4.90 Å². The number of hydrogen-bond donors (Lipinski definition) is 1. The maximum absolute atomic E-state index is 12.2. The fourth-order valence-corrected chi connectivity index (χ4v) is 1.59. The van der Waals surface area contributed by atoms with E-state index in [2.05, 4.69) is 4.98 Å². The Balaban J connectivity index is 2.25. The number of aliphatic hydroxyl groups is 1. The van der Waals surface area contributed by atoms with E-state index < -0.39 is 0 Å². The second-order valence-electron chi connectivity index (χ2n) is 3.94. The van der Waals surface area contributed by atoms with Crippen LogP contribution in [0.5, 0.6) is 0 Å². The quantitative estimate of drug-likeness (QED) is 0.896. The number of furan rings is 1.